The summed E-state index contributed by atoms with van der Waals surface area (Å²) in [6.45, 7) is 1.48. The molecule has 3 heteroatoms. The van der Waals surface area contributed by atoms with Gasteiger partial charge in [0.15, 0.2) is 5.78 Å². The third kappa shape index (κ3) is 1.27. The van der Waals surface area contributed by atoms with E-state index < -0.39 is 0 Å². The standard InChI is InChI=1S/C6H8O2S/c1-4(7)5-2-9-3-6(5)8/h8H,2-3H2,1H3. The average Bonchev–Trinajstić information content (AvgIpc) is 2.13. The van der Waals surface area contributed by atoms with Gasteiger partial charge in [-0.15, -0.1) is 11.8 Å². The van der Waals surface area contributed by atoms with Gasteiger partial charge in [-0.3, -0.25) is 4.79 Å². The van der Waals surface area contributed by atoms with Gasteiger partial charge in [-0.05, 0) is 6.92 Å². The fraction of sp³-hybridized carbons (Fsp3) is 0.500. The van der Waals surface area contributed by atoms with E-state index in [4.69, 9.17) is 5.11 Å². The van der Waals surface area contributed by atoms with E-state index in [0.29, 0.717) is 17.1 Å². The molecule has 0 atom stereocenters. The third-order valence-electron chi connectivity index (χ3n) is 1.26. The second-order valence-corrected chi connectivity index (χ2v) is 2.96. The van der Waals surface area contributed by atoms with E-state index in [1.807, 2.05) is 0 Å². The molecule has 0 radical (unpaired) electrons. The molecule has 0 aliphatic carbocycles. The van der Waals surface area contributed by atoms with Crippen molar-refractivity contribution in [2.75, 3.05) is 11.5 Å². The van der Waals surface area contributed by atoms with Crippen LogP contribution in [-0.4, -0.2) is 22.4 Å². The number of hydrogen-bond acceptors (Lipinski definition) is 3. The first-order valence-corrected chi connectivity index (χ1v) is 3.87. The average molecular weight is 144 g/mol. The van der Waals surface area contributed by atoms with Crippen LogP contribution in [0, 0.1) is 0 Å². The van der Waals surface area contributed by atoms with E-state index >= 15 is 0 Å². The number of aliphatic hydroxyl groups excluding tert-OH is 1. The number of thioether (sulfide) groups is 1. The zero-order valence-electron chi connectivity index (χ0n) is 5.18. The zero-order chi connectivity index (χ0) is 6.85. The molecule has 1 rings (SSSR count). The van der Waals surface area contributed by atoms with Crippen molar-refractivity contribution >= 4 is 17.5 Å². The van der Waals surface area contributed by atoms with Gasteiger partial charge in [-0.25, -0.2) is 0 Å². The highest BCUT2D eigenvalue weighted by Gasteiger charge is 2.16. The molecular formula is C6H8O2S. The molecule has 9 heavy (non-hydrogen) atoms. The van der Waals surface area contributed by atoms with Crippen molar-refractivity contribution in [3.05, 3.63) is 11.3 Å². The quantitative estimate of drug-likeness (QED) is 0.599. The number of aliphatic hydroxyl groups is 1. The fourth-order valence-electron chi connectivity index (χ4n) is 0.725. The summed E-state index contributed by atoms with van der Waals surface area (Å²) in [4.78, 5) is 10.6. The maximum absolute atomic E-state index is 10.6. The summed E-state index contributed by atoms with van der Waals surface area (Å²) in [5.41, 5.74) is 0.597. The highest BCUT2D eigenvalue weighted by atomic mass is 32.2. The first kappa shape index (κ1) is 6.68. The van der Waals surface area contributed by atoms with E-state index in [1.165, 1.54) is 6.92 Å². The molecule has 0 aromatic heterocycles. The van der Waals surface area contributed by atoms with Gasteiger partial charge in [0, 0.05) is 11.3 Å². The molecule has 0 bridgehead atoms. The van der Waals surface area contributed by atoms with Crippen molar-refractivity contribution in [2.24, 2.45) is 0 Å². The summed E-state index contributed by atoms with van der Waals surface area (Å²) >= 11 is 1.57. The predicted octanol–water partition coefficient (Wildman–Crippen LogP) is 1.13. The number of rotatable bonds is 1. The summed E-state index contributed by atoms with van der Waals surface area (Å²) in [6.07, 6.45) is 0. The lowest BCUT2D eigenvalue weighted by atomic mass is 10.2. The van der Waals surface area contributed by atoms with Crippen molar-refractivity contribution in [3.63, 3.8) is 0 Å². The van der Waals surface area contributed by atoms with Gasteiger partial charge in [0.1, 0.15) is 5.76 Å². The Morgan fingerprint density at radius 3 is 2.56 bits per heavy atom. The van der Waals surface area contributed by atoms with Gasteiger partial charge in [0.05, 0.1) is 5.75 Å². The maximum Gasteiger partial charge on any atom is 0.160 e. The van der Waals surface area contributed by atoms with Crippen LogP contribution in [0.1, 0.15) is 6.92 Å². The minimum Gasteiger partial charge on any atom is -0.511 e. The second kappa shape index (κ2) is 2.43. The van der Waals surface area contributed by atoms with Crippen LogP contribution in [-0.2, 0) is 4.79 Å². The van der Waals surface area contributed by atoms with Gasteiger partial charge < -0.3 is 5.11 Å². The fourth-order valence-corrected chi connectivity index (χ4v) is 1.77. The normalized spacial score (nSPS) is 18.8. The van der Waals surface area contributed by atoms with Crippen LogP contribution in [0.2, 0.25) is 0 Å². The lowest BCUT2D eigenvalue weighted by Crippen LogP contribution is -1.98. The van der Waals surface area contributed by atoms with Crippen LogP contribution in [0.3, 0.4) is 0 Å². The third-order valence-corrected chi connectivity index (χ3v) is 2.23. The van der Waals surface area contributed by atoms with Crippen molar-refractivity contribution < 1.29 is 9.90 Å². The Kier molecular flexibility index (Phi) is 1.81. The maximum atomic E-state index is 10.6. The Bertz CT molecular complexity index is 172. The van der Waals surface area contributed by atoms with Gasteiger partial charge >= 0.3 is 0 Å². The lowest BCUT2D eigenvalue weighted by Gasteiger charge is -1.91. The molecule has 0 fully saturated rings. The van der Waals surface area contributed by atoms with Crippen LogP contribution < -0.4 is 0 Å². The molecule has 1 heterocycles. The number of carbonyl (C=O) groups is 1. The lowest BCUT2D eigenvalue weighted by molar-refractivity contribution is -0.113. The van der Waals surface area contributed by atoms with Gasteiger partial charge in [0.2, 0.25) is 0 Å². The molecule has 0 saturated carbocycles. The molecular weight excluding hydrogens is 136 g/mol. The van der Waals surface area contributed by atoms with E-state index in [9.17, 15) is 4.79 Å². The summed E-state index contributed by atoms with van der Waals surface area (Å²) in [5, 5.41) is 9.00. The SMILES string of the molecule is CC(=O)C1=C(O)CSC1. The Balaban J connectivity index is 2.78. The van der Waals surface area contributed by atoms with Gasteiger partial charge in [-0.2, -0.15) is 0 Å². The van der Waals surface area contributed by atoms with E-state index in [2.05, 4.69) is 0 Å². The molecule has 0 amide bonds. The van der Waals surface area contributed by atoms with Gasteiger partial charge in [0.25, 0.3) is 0 Å². The van der Waals surface area contributed by atoms with Crippen LogP contribution >= 0.6 is 11.8 Å². The summed E-state index contributed by atoms with van der Waals surface area (Å²) in [7, 11) is 0. The zero-order valence-corrected chi connectivity index (χ0v) is 5.99. The predicted molar refractivity (Wildman–Crippen MR) is 37.7 cm³/mol. The van der Waals surface area contributed by atoms with Crippen molar-refractivity contribution in [1.82, 2.24) is 0 Å². The highest BCUT2D eigenvalue weighted by Crippen LogP contribution is 2.22. The second-order valence-electron chi connectivity index (χ2n) is 1.97. The summed E-state index contributed by atoms with van der Waals surface area (Å²) < 4.78 is 0. The molecule has 0 aromatic carbocycles. The number of carbonyl (C=O) groups excluding carboxylic acids is 1. The Morgan fingerprint density at radius 1 is 1.67 bits per heavy atom. The molecule has 0 spiro atoms. The number of hydrogen-bond donors (Lipinski definition) is 1. The van der Waals surface area contributed by atoms with Crippen molar-refractivity contribution in [3.8, 4) is 0 Å². The van der Waals surface area contributed by atoms with Crippen LogP contribution in [0.25, 0.3) is 0 Å². The van der Waals surface area contributed by atoms with Crippen LogP contribution in [0.4, 0.5) is 0 Å². The topological polar surface area (TPSA) is 37.3 Å². The van der Waals surface area contributed by atoms with E-state index in [-0.39, 0.29) is 11.5 Å². The molecule has 1 N–H and O–H groups in total. The van der Waals surface area contributed by atoms with Crippen LogP contribution in [0.15, 0.2) is 11.3 Å². The molecule has 50 valence electrons. The van der Waals surface area contributed by atoms with Crippen molar-refractivity contribution in [2.45, 2.75) is 6.92 Å². The monoisotopic (exact) mass is 144 g/mol. The number of Topliss-reactive ketones (excluding diaryl/α,β-unsaturated/α-hetero) is 1. The minimum absolute atomic E-state index is 0.00231. The Hall–Kier alpha value is -0.440. The van der Waals surface area contributed by atoms with Crippen molar-refractivity contribution in [1.29, 1.82) is 0 Å². The van der Waals surface area contributed by atoms with Crippen LogP contribution in [0.5, 0.6) is 0 Å². The smallest absolute Gasteiger partial charge is 0.160 e. The molecule has 1 aliphatic heterocycles. The summed E-state index contributed by atoms with van der Waals surface area (Å²) in [6, 6.07) is 0. The summed E-state index contributed by atoms with van der Waals surface area (Å²) in [5.74, 6) is 1.56. The molecule has 0 unspecified atom stereocenters. The van der Waals surface area contributed by atoms with E-state index in [1.54, 1.807) is 11.8 Å². The number of ketones is 1. The molecule has 1 aliphatic rings. The first-order valence-electron chi connectivity index (χ1n) is 2.71. The van der Waals surface area contributed by atoms with Gasteiger partial charge in [-0.1, -0.05) is 0 Å². The highest BCUT2D eigenvalue weighted by molar-refractivity contribution is 7.99. The molecule has 2 nitrogen and oxygen atoms in total. The Morgan fingerprint density at radius 2 is 2.33 bits per heavy atom. The molecule has 0 saturated heterocycles. The Labute approximate surface area is 57.9 Å². The largest absolute Gasteiger partial charge is 0.511 e. The first-order chi connectivity index (χ1) is 4.22. The van der Waals surface area contributed by atoms with E-state index in [0.717, 1.165) is 0 Å². The molecule has 0 aromatic rings. The minimum atomic E-state index is -0.00231.